The van der Waals surface area contributed by atoms with Crippen molar-refractivity contribution in [3.05, 3.63) is 59.7 Å². The SMILES string of the molecule is COC(=O)c1ccc(COC(=O)[C@H]2COc3ccccc3O2)cc1. The molecule has 1 heterocycles. The van der Waals surface area contributed by atoms with Crippen molar-refractivity contribution >= 4 is 11.9 Å². The summed E-state index contributed by atoms with van der Waals surface area (Å²) in [5, 5.41) is 0. The Morgan fingerprint density at radius 2 is 1.79 bits per heavy atom. The molecule has 0 bridgehead atoms. The lowest BCUT2D eigenvalue weighted by Gasteiger charge is -2.24. The number of methoxy groups -OCH3 is 1. The number of fused-ring (bicyclic) bond motifs is 1. The summed E-state index contributed by atoms with van der Waals surface area (Å²) in [6.45, 7) is 0.193. The lowest BCUT2D eigenvalue weighted by molar-refractivity contribution is -0.155. The molecule has 0 fully saturated rings. The predicted octanol–water partition coefficient (Wildman–Crippen LogP) is 2.36. The number of benzene rings is 2. The monoisotopic (exact) mass is 328 g/mol. The van der Waals surface area contributed by atoms with Crippen molar-refractivity contribution in [1.29, 1.82) is 0 Å². The van der Waals surface area contributed by atoms with Gasteiger partial charge in [-0.1, -0.05) is 24.3 Å². The van der Waals surface area contributed by atoms with E-state index in [1.165, 1.54) is 7.11 Å². The highest BCUT2D eigenvalue weighted by Gasteiger charge is 2.28. The van der Waals surface area contributed by atoms with E-state index in [1.54, 1.807) is 42.5 Å². The molecule has 0 amide bonds. The second-order valence-electron chi connectivity index (χ2n) is 5.16. The zero-order valence-corrected chi connectivity index (χ0v) is 13.1. The maximum absolute atomic E-state index is 12.1. The van der Waals surface area contributed by atoms with Crippen LogP contribution in [-0.2, 0) is 20.9 Å². The highest BCUT2D eigenvalue weighted by atomic mass is 16.6. The van der Waals surface area contributed by atoms with Crippen molar-refractivity contribution in [2.24, 2.45) is 0 Å². The van der Waals surface area contributed by atoms with E-state index >= 15 is 0 Å². The zero-order chi connectivity index (χ0) is 16.9. The second-order valence-corrected chi connectivity index (χ2v) is 5.16. The number of esters is 2. The van der Waals surface area contributed by atoms with Gasteiger partial charge in [-0.05, 0) is 29.8 Å². The van der Waals surface area contributed by atoms with Crippen molar-refractivity contribution in [3.63, 3.8) is 0 Å². The Kier molecular flexibility index (Phi) is 4.65. The Balaban J connectivity index is 1.55. The maximum Gasteiger partial charge on any atom is 0.351 e. The number of hydrogen-bond acceptors (Lipinski definition) is 6. The summed E-state index contributed by atoms with van der Waals surface area (Å²) < 4.78 is 20.9. The molecule has 0 unspecified atom stereocenters. The van der Waals surface area contributed by atoms with Gasteiger partial charge in [0, 0.05) is 0 Å². The highest BCUT2D eigenvalue weighted by Crippen LogP contribution is 2.31. The number of para-hydroxylation sites is 2. The molecule has 0 saturated carbocycles. The lowest BCUT2D eigenvalue weighted by atomic mass is 10.1. The molecule has 0 saturated heterocycles. The molecule has 0 spiro atoms. The van der Waals surface area contributed by atoms with Gasteiger partial charge in [0.2, 0.25) is 6.10 Å². The quantitative estimate of drug-likeness (QED) is 0.803. The van der Waals surface area contributed by atoms with Crippen LogP contribution in [-0.4, -0.2) is 31.8 Å². The van der Waals surface area contributed by atoms with Gasteiger partial charge in [-0.15, -0.1) is 0 Å². The first-order valence-corrected chi connectivity index (χ1v) is 7.40. The lowest BCUT2D eigenvalue weighted by Crippen LogP contribution is -2.37. The molecule has 0 aromatic heterocycles. The third kappa shape index (κ3) is 3.48. The number of rotatable bonds is 4. The highest BCUT2D eigenvalue weighted by molar-refractivity contribution is 5.89. The summed E-state index contributed by atoms with van der Waals surface area (Å²) in [6.07, 6.45) is -0.797. The minimum absolute atomic E-state index is 0.0851. The van der Waals surface area contributed by atoms with Gasteiger partial charge in [-0.3, -0.25) is 0 Å². The minimum Gasteiger partial charge on any atom is -0.485 e. The zero-order valence-electron chi connectivity index (χ0n) is 13.1. The van der Waals surface area contributed by atoms with E-state index in [0.717, 1.165) is 5.56 Å². The third-order valence-corrected chi connectivity index (χ3v) is 3.53. The van der Waals surface area contributed by atoms with Gasteiger partial charge < -0.3 is 18.9 Å². The first-order valence-electron chi connectivity index (χ1n) is 7.40. The summed E-state index contributed by atoms with van der Waals surface area (Å²) in [5.41, 5.74) is 1.20. The van der Waals surface area contributed by atoms with E-state index in [0.29, 0.717) is 17.1 Å². The Morgan fingerprint density at radius 3 is 2.50 bits per heavy atom. The molecule has 0 radical (unpaired) electrons. The molecular formula is C18H16O6. The van der Waals surface area contributed by atoms with Crippen molar-refractivity contribution in [2.75, 3.05) is 13.7 Å². The predicted molar refractivity (Wildman–Crippen MR) is 83.9 cm³/mol. The van der Waals surface area contributed by atoms with E-state index < -0.39 is 18.0 Å². The largest absolute Gasteiger partial charge is 0.485 e. The molecule has 0 N–H and O–H groups in total. The second kappa shape index (κ2) is 7.04. The van der Waals surface area contributed by atoms with E-state index in [-0.39, 0.29) is 13.2 Å². The normalized spacial score (nSPS) is 15.5. The van der Waals surface area contributed by atoms with Crippen LogP contribution in [0, 0.1) is 0 Å². The summed E-state index contributed by atoms with van der Waals surface area (Å²) >= 11 is 0. The number of hydrogen-bond donors (Lipinski definition) is 0. The molecule has 3 rings (SSSR count). The Bertz CT molecular complexity index is 737. The third-order valence-electron chi connectivity index (χ3n) is 3.53. The van der Waals surface area contributed by atoms with Crippen molar-refractivity contribution in [3.8, 4) is 11.5 Å². The Hall–Kier alpha value is -3.02. The van der Waals surface area contributed by atoms with Gasteiger partial charge in [0.25, 0.3) is 0 Å². The first-order chi connectivity index (χ1) is 11.7. The van der Waals surface area contributed by atoms with Crippen LogP contribution in [0.1, 0.15) is 15.9 Å². The van der Waals surface area contributed by atoms with E-state index in [2.05, 4.69) is 4.74 Å². The fourth-order valence-corrected chi connectivity index (χ4v) is 2.24. The van der Waals surface area contributed by atoms with Crippen LogP contribution in [0.15, 0.2) is 48.5 Å². The van der Waals surface area contributed by atoms with E-state index in [1.807, 2.05) is 6.07 Å². The fourth-order valence-electron chi connectivity index (χ4n) is 2.24. The van der Waals surface area contributed by atoms with Gasteiger partial charge >= 0.3 is 11.9 Å². The molecule has 0 aliphatic carbocycles. The molecule has 6 nitrogen and oxygen atoms in total. The van der Waals surface area contributed by atoms with Crippen LogP contribution in [0.2, 0.25) is 0 Å². The molecule has 1 aliphatic heterocycles. The molecule has 24 heavy (non-hydrogen) atoms. The summed E-state index contributed by atoms with van der Waals surface area (Å²) in [5.74, 6) is 0.222. The first kappa shape index (κ1) is 15.9. The standard InChI is InChI=1S/C18H16O6/c1-21-17(19)13-8-6-12(7-9-13)10-23-18(20)16-11-22-14-4-2-3-5-15(14)24-16/h2-9,16H,10-11H2,1H3/t16-/m1/s1. The van der Waals surface area contributed by atoms with Gasteiger partial charge in [-0.25, -0.2) is 9.59 Å². The number of carbonyl (C=O) groups excluding carboxylic acids is 2. The van der Waals surface area contributed by atoms with Gasteiger partial charge in [0.05, 0.1) is 12.7 Å². The van der Waals surface area contributed by atoms with Gasteiger partial charge in [0.1, 0.15) is 13.2 Å². The number of carbonyl (C=O) groups is 2. The molecule has 124 valence electrons. The van der Waals surface area contributed by atoms with Gasteiger partial charge in [-0.2, -0.15) is 0 Å². The average Bonchev–Trinajstić information content (AvgIpc) is 2.65. The summed E-state index contributed by atoms with van der Waals surface area (Å²) in [7, 11) is 1.32. The minimum atomic E-state index is -0.797. The fraction of sp³-hybridized carbons (Fsp3) is 0.222. The average molecular weight is 328 g/mol. The summed E-state index contributed by atoms with van der Waals surface area (Å²) in [4.78, 5) is 23.5. The van der Waals surface area contributed by atoms with Crippen molar-refractivity contribution in [2.45, 2.75) is 12.7 Å². The Labute approximate surface area is 138 Å². The molecule has 1 aliphatic rings. The summed E-state index contributed by atoms with van der Waals surface area (Å²) in [6, 6.07) is 13.8. The van der Waals surface area contributed by atoms with Crippen molar-refractivity contribution < 1.29 is 28.5 Å². The van der Waals surface area contributed by atoms with Crippen LogP contribution in [0.3, 0.4) is 0 Å². The van der Waals surface area contributed by atoms with Crippen molar-refractivity contribution in [1.82, 2.24) is 0 Å². The van der Waals surface area contributed by atoms with E-state index in [9.17, 15) is 9.59 Å². The number of ether oxygens (including phenoxy) is 4. The molecule has 2 aromatic rings. The molecule has 6 heteroatoms. The molecular weight excluding hydrogens is 312 g/mol. The van der Waals surface area contributed by atoms with Crippen LogP contribution in [0.5, 0.6) is 11.5 Å². The van der Waals surface area contributed by atoms with Gasteiger partial charge in [0.15, 0.2) is 11.5 Å². The topological polar surface area (TPSA) is 71.1 Å². The van der Waals surface area contributed by atoms with E-state index in [4.69, 9.17) is 14.2 Å². The molecule has 1 atom stereocenters. The Morgan fingerprint density at radius 1 is 1.08 bits per heavy atom. The van der Waals surface area contributed by atoms with Crippen LogP contribution in [0.25, 0.3) is 0 Å². The van der Waals surface area contributed by atoms with Crippen LogP contribution < -0.4 is 9.47 Å². The van der Waals surface area contributed by atoms with Crippen LogP contribution >= 0.6 is 0 Å². The molecule has 2 aromatic carbocycles. The smallest absolute Gasteiger partial charge is 0.351 e. The maximum atomic E-state index is 12.1. The van der Waals surface area contributed by atoms with Crippen LogP contribution in [0.4, 0.5) is 0 Å².